The van der Waals surface area contributed by atoms with Crippen LogP contribution in [0.2, 0.25) is 0 Å². The van der Waals surface area contributed by atoms with Gasteiger partial charge in [-0.2, -0.15) is 5.26 Å². The summed E-state index contributed by atoms with van der Waals surface area (Å²) in [7, 11) is 1.03. The van der Waals surface area contributed by atoms with E-state index in [1.54, 1.807) is 6.07 Å². The van der Waals surface area contributed by atoms with E-state index in [4.69, 9.17) is 5.26 Å². The second-order valence-electron chi connectivity index (χ2n) is 2.82. The Labute approximate surface area is 90.3 Å². The summed E-state index contributed by atoms with van der Waals surface area (Å²) in [5.74, 6) is -3.40. The average Bonchev–Trinajstić information content (AvgIpc) is 2.30. The van der Waals surface area contributed by atoms with Crippen LogP contribution < -0.4 is 0 Å². The molecule has 0 bridgehead atoms. The monoisotopic (exact) mass is 221 g/mol. The number of hydrogen-bond acceptors (Lipinski definition) is 6. The van der Waals surface area contributed by atoms with Crippen LogP contribution in [0.25, 0.3) is 0 Å². The Bertz CT molecular complexity index is 501. The third-order valence-corrected chi connectivity index (χ3v) is 1.84. The molecular weight excluding hydrogens is 214 g/mol. The fraction of sp³-hybridized carbons (Fsp3) is 0.100. The van der Waals surface area contributed by atoms with E-state index in [9.17, 15) is 19.8 Å². The molecule has 6 heteroatoms. The normalized spacial score (nSPS) is 9.25. The molecule has 0 saturated carbocycles. The van der Waals surface area contributed by atoms with E-state index in [0.29, 0.717) is 0 Å². The van der Waals surface area contributed by atoms with Crippen LogP contribution in [0.15, 0.2) is 12.1 Å². The molecule has 0 aromatic heterocycles. The van der Waals surface area contributed by atoms with Crippen molar-refractivity contribution >= 4 is 11.8 Å². The van der Waals surface area contributed by atoms with Crippen molar-refractivity contribution in [2.75, 3.05) is 7.11 Å². The van der Waals surface area contributed by atoms with Crippen molar-refractivity contribution in [1.29, 1.82) is 5.26 Å². The molecule has 1 rings (SSSR count). The van der Waals surface area contributed by atoms with E-state index in [-0.39, 0.29) is 11.1 Å². The lowest BCUT2D eigenvalue weighted by Gasteiger charge is -2.03. The lowest BCUT2D eigenvalue weighted by molar-refractivity contribution is -0.135. The molecule has 0 aliphatic carbocycles. The third-order valence-electron chi connectivity index (χ3n) is 1.84. The molecule has 0 saturated heterocycles. The van der Waals surface area contributed by atoms with Gasteiger partial charge in [-0.1, -0.05) is 0 Å². The molecule has 82 valence electrons. The molecule has 1 aromatic carbocycles. The SMILES string of the molecule is COC(=O)C(=O)c1cc(O)c(O)c(C#N)c1. The minimum absolute atomic E-state index is 0.223. The van der Waals surface area contributed by atoms with Crippen LogP contribution in [0, 0.1) is 11.3 Å². The van der Waals surface area contributed by atoms with E-state index in [2.05, 4.69) is 4.74 Å². The molecule has 0 radical (unpaired) electrons. The predicted molar refractivity (Wildman–Crippen MR) is 50.8 cm³/mol. The number of rotatable bonds is 2. The molecule has 0 atom stereocenters. The summed E-state index contributed by atoms with van der Waals surface area (Å²) in [6, 6.07) is 3.45. The van der Waals surface area contributed by atoms with Gasteiger partial charge in [-0.25, -0.2) is 4.79 Å². The second kappa shape index (κ2) is 4.31. The zero-order valence-electron chi connectivity index (χ0n) is 8.22. The molecular formula is C10H7NO5. The number of phenols is 2. The molecule has 0 heterocycles. The highest BCUT2D eigenvalue weighted by molar-refractivity contribution is 6.40. The number of ketones is 1. The molecule has 2 N–H and O–H groups in total. The zero-order valence-corrected chi connectivity index (χ0v) is 8.22. The van der Waals surface area contributed by atoms with Gasteiger partial charge >= 0.3 is 5.97 Å². The Morgan fingerprint density at radius 1 is 1.38 bits per heavy atom. The second-order valence-corrected chi connectivity index (χ2v) is 2.82. The van der Waals surface area contributed by atoms with Crippen molar-refractivity contribution in [2.45, 2.75) is 0 Å². The largest absolute Gasteiger partial charge is 0.504 e. The molecule has 0 aliphatic rings. The maximum absolute atomic E-state index is 11.3. The number of nitrogens with zero attached hydrogens (tertiary/aromatic N) is 1. The summed E-state index contributed by atoms with van der Waals surface area (Å²) in [6.45, 7) is 0. The van der Waals surface area contributed by atoms with Crippen LogP contribution in [-0.4, -0.2) is 29.1 Å². The molecule has 0 amide bonds. The summed E-state index contributed by atoms with van der Waals surface area (Å²) in [5.41, 5.74) is -0.522. The highest BCUT2D eigenvalue weighted by Gasteiger charge is 2.20. The van der Waals surface area contributed by atoms with Crippen molar-refractivity contribution in [3.8, 4) is 17.6 Å². The van der Waals surface area contributed by atoms with Gasteiger partial charge in [-0.3, -0.25) is 4.79 Å². The predicted octanol–water partition coefficient (Wildman–Crippen LogP) is 0.325. The summed E-state index contributed by atoms with van der Waals surface area (Å²) in [6.07, 6.45) is 0. The highest BCUT2D eigenvalue weighted by atomic mass is 16.5. The molecule has 0 unspecified atom stereocenters. The van der Waals surface area contributed by atoms with Crippen LogP contribution in [0.4, 0.5) is 0 Å². The van der Waals surface area contributed by atoms with Gasteiger partial charge in [0.2, 0.25) is 0 Å². The number of esters is 1. The first kappa shape index (κ1) is 11.5. The van der Waals surface area contributed by atoms with E-state index in [0.717, 1.165) is 19.2 Å². The van der Waals surface area contributed by atoms with E-state index in [1.165, 1.54) is 0 Å². The molecule has 16 heavy (non-hydrogen) atoms. The minimum Gasteiger partial charge on any atom is -0.504 e. The number of phenolic OH excluding ortho intramolecular Hbond substituents is 2. The first-order valence-electron chi connectivity index (χ1n) is 4.10. The number of ether oxygens (including phenoxy) is 1. The summed E-state index contributed by atoms with van der Waals surface area (Å²) in [5, 5.41) is 27.0. The third kappa shape index (κ3) is 1.93. The number of Topliss-reactive ketones (excluding diaryl/α,β-unsaturated/α-hetero) is 1. The fourth-order valence-corrected chi connectivity index (χ4v) is 1.05. The average molecular weight is 221 g/mol. The van der Waals surface area contributed by atoms with Crippen molar-refractivity contribution in [3.63, 3.8) is 0 Å². The smallest absolute Gasteiger partial charge is 0.379 e. The van der Waals surface area contributed by atoms with Crippen molar-refractivity contribution < 1.29 is 24.5 Å². The standard InChI is InChI=1S/C10H7NO5/c1-16-10(15)9(14)5-2-6(4-11)8(13)7(12)3-5/h2-3,12-13H,1H3. The summed E-state index contributed by atoms with van der Waals surface area (Å²) >= 11 is 0. The summed E-state index contributed by atoms with van der Waals surface area (Å²) < 4.78 is 4.19. The number of hydrogen-bond donors (Lipinski definition) is 2. The first-order chi connectivity index (χ1) is 7.51. The van der Waals surface area contributed by atoms with Crippen LogP contribution >= 0.6 is 0 Å². The maximum atomic E-state index is 11.3. The first-order valence-corrected chi connectivity index (χ1v) is 4.10. The minimum atomic E-state index is -1.12. The van der Waals surface area contributed by atoms with Crippen molar-refractivity contribution in [3.05, 3.63) is 23.3 Å². The van der Waals surface area contributed by atoms with E-state index < -0.39 is 23.3 Å². The Morgan fingerprint density at radius 2 is 2.00 bits per heavy atom. The molecule has 0 aliphatic heterocycles. The van der Waals surface area contributed by atoms with Crippen LogP contribution in [0.5, 0.6) is 11.5 Å². The fourth-order valence-electron chi connectivity index (χ4n) is 1.05. The number of benzene rings is 1. The zero-order chi connectivity index (χ0) is 12.3. The van der Waals surface area contributed by atoms with Gasteiger partial charge in [0.1, 0.15) is 6.07 Å². The van der Waals surface area contributed by atoms with Gasteiger partial charge in [0, 0.05) is 5.56 Å². The summed E-state index contributed by atoms with van der Waals surface area (Å²) in [4.78, 5) is 22.2. The van der Waals surface area contributed by atoms with Gasteiger partial charge in [0.15, 0.2) is 11.5 Å². The molecule has 0 fully saturated rings. The van der Waals surface area contributed by atoms with Crippen molar-refractivity contribution in [2.24, 2.45) is 0 Å². The quantitative estimate of drug-likeness (QED) is 0.322. The van der Waals surface area contributed by atoms with Gasteiger partial charge < -0.3 is 14.9 Å². The lowest BCUT2D eigenvalue weighted by Crippen LogP contribution is -2.15. The van der Waals surface area contributed by atoms with Gasteiger partial charge in [0.05, 0.1) is 12.7 Å². The van der Waals surface area contributed by atoms with Gasteiger partial charge in [-0.05, 0) is 12.1 Å². The van der Waals surface area contributed by atoms with Crippen LogP contribution in [0.3, 0.4) is 0 Å². The number of methoxy groups -OCH3 is 1. The number of nitriles is 1. The maximum Gasteiger partial charge on any atom is 0.379 e. The Kier molecular flexibility index (Phi) is 3.11. The molecule has 0 spiro atoms. The number of aromatic hydroxyl groups is 2. The van der Waals surface area contributed by atoms with Crippen molar-refractivity contribution in [1.82, 2.24) is 0 Å². The highest BCUT2D eigenvalue weighted by Crippen LogP contribution is 2.29. The number of carbonyl (C=O) groups is 2. The Balaban J connectivity index is 3.28. The van der Waals surface area contributed by atoms with Crippen LogP contribution in [-0.2, 0) is 9.53 Å². The van der Waals surface area contributed by atoms with Gasteiger partial charge in [-0.15, -0.1) is 0 Å². The molecule has 1 aromatic rings. The molecule has 6 nitrogen and oxygen atoms in total. The van der Waals surface area contributed by atoms with E-state index >= 15 is 0 Å². The lowest BCUT2D eigenvalue weighted by atomic mass is 10.1. The topological polar surface area (TPSA) is 108 Å². The Hall–Kier alpha value is -2.55. The van der Waals surface area contributed by atoms with E-state index in [1.807, 2.05) is 0 Å². The van der Waals surface area contributed by atoms with Gasteiger partial charge in [0.25, 0.3) is 5.78 Å². The number of carbonyl (C=O) groups excluding carboxylic acids is 2. The van der Waals surface area contributed by atoms with Crippen LogP contribution in [0.1, 0.15) is 15.9 Å². The Morgan fingerprint density at radius 3 is 2.50 bits per heavy atom.